The van der Waals surface area contributed by atoms with Crippen molar-refractivity contribution in [2.75, 3.05) is 11.9 Å². The van der Waals surface area contributed by atoms with E-state index in [-0.39, 0.29) is 0 Å². The van der Waals surface area contributed by atoms with Gasteiger partial charge in [0.15, 0.2) is 0 Å². The van der Waals surface area contributed by atoms with E-state index in [0.29, 0.717) is 0 Å². The lowest BCUT2D eigenvalue weighted by Gasteiger charge is -2.20. The SMILES string of the molecule is CN(Cc1ccc(Cl)cc1)c1ncccc1CBr. The highest BCUT2D eigenvalue weighted by Gasteiger charge is 2.08. The van der Waals surface area contributed by atoms with Crippen LogP contribution in [0.25, 0.3) is 0 Å². The molecule has 0 atom stereocenters. The fraction of sp³-hybridized carbons (Fsp3) is 0.214. The number of alkyl halides is 1. The van der Waals surface area contributed by atoms with Gasteiger partial charge in [0.2, 0.25) is 0 Å². The molecule has 18 heavy (non-hydrogen) atoms. The van der Waals surface area contributed by atoms with Crippen LogP contribution in [0.5, 0.6) is 0 Å². The molecule has 0 aliphatic carbocycles. The molecule has 1 heterocycles. The average molecular weight is 326 g/mol. The number of aromatic nitrogens is 1. The number of halogens is 2. The van der Waals surface area contributed by atoms with Gasteiger partial charge >= 0.3 is 0 Å². The van der Waals surface area contributed by atoms with E-state index in [1.165, 1.54) is 11.1 Å². The summed E-state index contributed by atoms with van der Waals surface area (Å²) in [5.74, 6) is 1.00. The highest BCUT2D eigenvalue weighted by atomic mass is 79.9. The van der Waals surface area contributed by atoms with Crippen molar-refractivity contribution < 1.29 is 0 Å². The van der Waals surface area contributed by atoms with Crippen molar-refractivity contribution >= 4 is 33.3 Å². The predicted octanol–water partition coefficient (Wildman–Crippen LogP) is 4.27. The van der Waals surface area contributed by atoms with Crippen LogP contribution in [0.2, 0.25) is 5.02 Å². The molecule has 94 valence electrons. The molecule has 0 unspecified atom stereocenters. The van der Waals surface area contributed by atoms with Crippen molar-refractivity contribution in [3.8, 4) is 0 Å². The number of anilines is 1. The van der Waals surface area contributed by atoms with E-state index < -0.39 is 0 Å². The quantitative estimate of drug-likeness (QED) is 0.781. The van der Waals surface area contributed by atoms with Crippen LogP contribution < -0.4 is 4.90 Å². The molecule has 0 fully saturated rings. The first-order valence-corrected chi connectivity index (χ1v) is 7.16. The second-order valence-electron chi connectivity index (χ2n) is 4.10. The first kappa shape index (κ1) is 13.4. The lowest BCUT2D eigenvalue weighted by atomic mass is 10.2. The van der Waals surface area contributed by atoms with Crippen molar-refractivity contribution in [1.82, 2.24) is 4.98 Å². The zero-order valence-electron chi connectivity index (χ0n) is 10.1. The Bertz CT molecular complexity index is 513. The standard InChI is InChI=1S/C14H14BrClN2/c1-18(10-11-4-6-13(16)7-5-11)14-12(9-15)3-2-8-17-14/h2-8H,9-10H2,1H3. The molecule has 1 aromatic carbocycles. The minimum atomic E-state index is 0.764. The summed E-state index contributed by atoms with van der Waals surface area (Å²) in [6.45, 7) is 0.814. The van der Waals surface area contributed by atoms with Crippen molar-refractivity contribution in [1.29, 1.82) is 0 Å². The van der Waals surface area contributed by atoms with Crippen LogP contribution >= 0.6 is 27.5 Å². The Morgan fingerprint density at radius 2 is 1.94 bits per heavy atom. The molecule has 0 spiro atoms. The molecule has 0 aliphatic heterocycles. The summed E-state index contributed by atoms with van der Waals surface area (Å²) in [6.07, 6.45) is 1.82. The molecule has 2 aromatic rings. The van der Waals surface area contributed by atoms with Crippen LogP contribution in [-0.2, 0) is 11.9 Å². The van der Waals surface area contributed by atoms with Gasteiger partial charge < -0.3 is 4.90 Å². The van der Waals surface area contributed by atoms with Gasteiger partial charge in [-0.1, -0.05) is 45.7 Å². The van der Waals surface area contributed by atoms with Crippen LogP contribution in [0, 0.1) is 0 Å². The Morgan fingerprint density at radius 3 is 2.61 bits per heavy atom. The summed E-state index contributed by atoms with van der Waals surface area (Å²) in [6, 6.07) is 11.9. The van der Waals surface area contributed by atoms with E-state index in [1.807, 2.05) is 43.6 Å². The molecule has 0 bridgehead atoms. The van der Waals surface area contributed by atoms with E-state index >= 15 is 0 Å². The number of benzene rings is 1. The summed E-state index contributed by atoms with van der Waals surface area (Å²) >= 11 is 9.37. The molecule has 0 saturated carbocycles. The van der Waals surface area contributed by atoms with Crippen LogP contribution in [0.3, 0.4) is 0 Å². The van der Waals surface area contributed by atoms with E-state index in [1.54, 1.807) is 0 Å². The fourth-order valence-corrected chi connectivity index (χ4v) is 2.38. The predicted molar refractivity (Wildman–Crippen MR) is 80.4 cm³/mol. The number of hydrogen-bond acceptors (Lipinski definition) is 2. The molecule has 2 nitrogen and oxygen atoms in total. The summed E-state index contributed by atoms with van der Waals surface area (Å²) < 4.78 is 0. The first-order chi connectivity index (χ1) is 8.70. The largest absolute Gasteiger partial charge is 0.355 e. The summed E-state index contributed by atoms with van der Waals surface area (Å²) in [7, 11) is 2.04. The monoisotopic (exact) mass is 324 g/mol. The third-order valence-corrected chi connectivity index (χ3v) is 3.56. The van der Waals surface area contributed by atoms with Gasteiger partial charge in [0, 0.05) is 35.7 Å². The maximum Gasteiger partial charge on any atom is 0.132 e. The molecular formula is C14H14BrClN2. The van der Waals surface area contributed by atoms with Gasteiger partial charge in [-0.25, -0.2) is 4.98 Å². The summed E-state index contributed by atoms with van der Waals surface area (Å²) in [4.78, 5) is 6.57. The van der Waals surface area contributed by atoms with E-state index in [2.05, 4.69) is 31.9 Å². The second-order valence-corrected chi connectivity index (χ2v) is 5.10. The topological polar surface area (TPSA) is 16.1 Å². The molecule has 0 saturated heterocycles. The number of rotatable bonds is 4. The van der Waals surface area contributed by atoms with E-state index in [0.717, 1.165) is 22.7 Å². The molecule has 4 heteroatoms. The fourth-order valence-electron chi connectivity index (χ4n) is 1.82. The Labute approximate surface area is 121 Å². The van der Waals surface area contributed by atoms with Crippen molar-refractivity contribution in [2.45, 2.75) is 11.9 Å². The molecule has 0 aliphatic rings. The van der Waals surface area contributed by atoms with Gasteiger partial charge in [0.25, 0.3) is 0 Å². The minimum Gasteiger partial charge on any atom is -0.355 e. The van der Waals surface area contributed by atoms with Crippen molar-refractivity contribution in [2.24, 2.45) is 0 Å². The lowest BCUT2D eigenvalue weighted by molar-refractivity contribution is 0.890. The van der Waals surface area contributed by atoms with Crippen molar-refractivity contribution in [3.63, 3.8) is 0 Å². The van der Waals surface area contributed by atoms with E-state index in [4.69, 9.17) is 11.6 Å². The Morgan fingerprint density at radius 1 is 1.22 bits per heavy atom. The molecule has 1 aromatic heterocycles. The second kappa shape index (κ2) is 6.21. The smallest absolute Gasteiger partial charge is 0.132 e. The first-order valence-electron chi connectivity index (χ1n) is 5.66. The van der Waals surface area contributed by atoms with Gasteiger partial charge in [0.05, 0.1) is 0 Å². The summed E-state index contributed by atoms with van der Waals surface area (Å²) in [5, 5.41) is 1.57. The van der Waals surface area contributed by atoms with Gasteiger partial charge in [0.1, 0.15) is 5.82 Å². The normalized spacial score (nSPS) is 10.4. The molecule has 0 radical (unpaired) electrons. The molecule has 2 rings (SSSR count). The Balaban J connectivity index is 2.16. The Hall–Kier alpha value is -1.06. The minimum absolute atomic E-state index is 0.764. The zero-order chi connectivity index (χ0) is 13.0. The third kappa shape index (κ3) is 3.24. The summed E-state index contributed by atoms with van der Waals surface area (Å²) in [5.41, 5.74) is 2.40. The lowest BCUT2D eigenvalue weighted by Crippen LogP contribution is -2.19. The molecule has 0 amide bonds. The zero-order valence-corrected chi connectivity index (χ0v) is 12.4. The van der Waals surface area contributed by atoms with E-state index in [9.17, 15) is 0 Å². The number of pyridine rings is 1. The van der Waals surface area contributed by atoms with Crippen LogP contribution in [0.15, 0.2) is 42.6 Å². The van der Waals surface area contributed by atoms with Crippen LogP contribution in [0.1, 0.15) is 11.1 Å². The highest BCUT2D eigenvalue weighted by Crippen LogP contribution is 2.20. The van der Waals surface area contributed by atoms with Crippen LogP contribution in [-0.4, -0.2) is 12.0 Å². The molecular weight excluding hydrogens is 312 g/mol. The maximum atomic E-state index is 5.88. The third-order valence-electron chi connectivity index (χ3n) is 2.71. The van der Waals surface area contributed by atoms with Gasteiger partial charge in [-0.3, -0.25) is 0 Å². The number of nitrogens with zero attached hydrogens (tertiary/aromatic N) is 2. The number of hydrogen-bond donors (Lipinski definition) is 0. The van der Waals surface area contributed by atoms with Crippen LogP contribution in [0.4, 0.5) is 5.82 Å². The van der Waals surface area contributed by atoms with Gasteiger partial charge in [-0.2, -0.15) is 0 Å². The average Bonchev–Trinajstić information content (AvgIpc) is 2.41. The van der Waals surface area contributed by atoms with Crippen molar-refractivity contribution in [3.05, 3.63) is 58.7 Å². The molecule has 0 N–H and O–H groups in total. The Kier molecular flexibility index (Phi) is 4.61. The maximum absolute atomic E-state index is 5.88. The van der Waals surface area contributed by atoms with Gasteiger partial charge in [-0.15, -0.1) is 0 Å². The highest BCUT2D eigenvalue weighted by molar-refractivity contribution is 9.08. The van der Waals surface area contributed by atoms with Gasteiger partial charge in [-0.05, 0) is 23.8 Å².